The van der Waals surface area contributed by atoms with Gasteiger partial charge in [-0.25, -0.2) is 0 Å². The van der Waals surface area contributed by atoms with E-state index < -0.39 is 0 Å². The average molecular weight is 608 g/mol. The Bertz CT molecular complexity index is 1550. The lowest BCUT2D eigenvalue weighted by Crippen LogP contribution is -2.33. The molecular weight excluding hydrogens is 573 g/mol. The van der Waals surface area contributed by atoms with Crippen molar-refractivity contribution in [1.29, 1.82) is 0 Å². The molecule has 3 aliphatic rings. The molecule has 1 aromatic heterocycles. The first-order valence-electron chi connectivity index (χ1n) is 14.0. The molecule has 0 spiro atoms. The fourth-order valence-electron chi connectivity index (χ4n) is 5.96. The number of hydrogen-bond donors (Lipinski definition) is 1. The Kier molecular flexibility index (Phi) is 8.82. The minimum Gasteiger partial charge on any atom is -0.335 e. The third-order valence-electron chi connectivity index (χ3n) is 7.90. The van der Waals surface area contributed by atoms with Crippen LogP contribution < -0.4 is 9.47 Å². The van der Waals surface area contributed by atoms with Gasteiger partial charge in [-0.05, 0) is 110 Å². The van der Waals surface area contributed by atoms with E-state index in [1.807, 2.05) is 23.1 Å². The van der Waals surface area contributed by atoms with Gasteiger partial charge in [0.05, 0.1) is 17.8 Å². The lowest BCUT2D eigenvalue weighted by molar-refractivity contribution is -0.665. The molecule has 0 radical (unpaired) electrons. The fourth-order valence-corrected chi connectivity index (χ4v) is 9.13. The summed E-state index contributed by atoms with van der Waals surface area (Å²) in [6.45, 7) is 6.34. The maximum Gasteiger partial charge on any atom is 0.263 e. The standard InChI is InChI=1S/C32H34N2O2S4/c1-4-33-27-16-23(20-37-35)8-12-29(27)38-31(33)17-21-6-9-24-10-7-22(15-25(24)14-21)18-32-34(5-2)28-19-26(40-36-3)11-13-30(28)39-32/h8,11-19,24H,4-7,9-10,20H2,1-3H3/p+1. The summed E-state index contributed by atoms with van der Waals surface area (Å²) in [6.07, 6.45) is 14.5. The van der Waals surface area contributed by atoms with Crippen LogP contribution in [0.15, 0.2) is 86.2 Å². The molecule has 1 aliphatic heterocycles. The normalized spacial score (nSPS) is 20.7. The number of aryl methyl sites for hydroxylation is 1. The molecule has 2 aromatic carbocycles. The van der Waals surface area contributed by atoms with Gasteiger partial charge in [-0.15, -0.1) is 0 Å². The lowest BCUT2D eigenvalue weighted by Gasteiger charge is -2.28. The van der Waals surface area contributed by atoms with Crippen LogP contribution in [0.3, 0.4) is 0 Å². The van der Waals surface area contributed by atoms with Crippen LogP contribution in [0.25, 0.3) is 16.3 Å². The number of benzene rings is 2. The summed E-state index contributed by atoms with van der Waals surface area (Å²) < 4.78 is 18.3. The summed E-state index contributed by atoms with van der Waals surface area (Å²) in [7, 11) is 1.72. The molecule has 0 fully saturated rings. The first-order chi connectivity index (χ1) is 19.6. The molecule has 0 saturated heterocycles. The second-order valence-electron chi connectivity index (χ2n) is 10.3. The molecular formula is C32H35N2O2S4+. The first-order valence-corrected chi connectivity index (χ1v) is 17.3. The van der Waals surface area contributed by atoms with E-state index in [-0.39, 0.29) is 0 Å². The van der Waals surface area contributed by atoms with Gasteiger partial charge >= 0.3 is 0 Å². The maximum atomic E-state index is 9.31. The Morgan fingerprint density at radius 2 is 1.98 bits per heavy atom. The van der Waals surface area contributed by atoms with Gasteiger partial charge in [0, 0.05) is 46.3 Å². The minimum absolute atomic E-state index is 0.624. The first kappa shape index (κ1) is 28.2. The highest BCUT2D eigenvalue weighted by Gasteiger charge is 2.27. The highest BCUT2D eigenvalue weighted by molar-refractivity contribution is 8.03. The van der Waals surface area contributed by atoms with Crippen molar-refractivity contribution >= 4 is 69.2 Å². The van der Waals surface area contributed by atoms with Gasteiger partial charge < -0.3 is 13.6 Å². The minimum atomic E-state index is 0.624. The fraction of sp³-hybridized carbons (Fsp3) is 0.344. The molecule has 4 nitrogen and oxygen atoms in total. The van der Waals surface area contributed by atoms with E-state index in [0.29, 0.717) is 11.7 Å². The number of aromatic nitrogens is 1. The summed E-state index contributed by atoms with van der Waals surface area (Å²) in [5.74, 6) is 1.29. The predicted octanol–water partition coefficient (Wildman–Crippen LogP) is 9.48. The summed E-state index contributed by atoms with van der Waals surface area (Å²) >= 11 is 6.05. The highest BCUT2D eigenvalue weighted by atomic mass is 32.2. The molecule has 1 N–H and O–H groups in total. The van der Waals surface area contributed by atoms with E-state index in [0.717, 1.165) is 48.4 Å². The molecule has 1 unspecified atom stereocenters. The van der Waals surface area contributed by atoms with Crippen LogP contribution in [0.4, 0.5) is 5.69 Å². The molecule has 0 bridgehead atoms. The van der Waals surface area contributed by atoms with Crippen molar-refractivity contribution in [2.75, 3.05) is 18.6 Å². The summed E-state index contributed by atoms with van der Waals surface area (Å²) in [5, 5.41) is 2.63. The van der Waals surface area contributed by atoms with E-state index in [1.54, 1.807) is 7.11 Å². The molecule has 40 heavy (non-hydrogen) atoms. The second-order valence-corrected chi connectivity index (χ2v) is 14.0. The van der Waals surface area contributed by atoms with Crippen LogP contribution in [0.5, 0.6) is 0 Å². The zero-order valence-electron chi connectivity index (χ0n) is 23.2. The topological polar surface area (TPSA) is 36.6 Å². The Morgan fingerprint density at radius 3 is 2.77 bits per heavy atom. The number of nitrogens with zero attached hydrogens (tertiary/aromatic N) is 2. The zero-order valence-corrected chi connectivity index (χ0v) is 26.4. The molecule has 1 atom stereocenters. The monoisotopic (exact) mass is 607 g/mol. The molecule has 208 valence electrons. The van der Waals surface area contributed by atoms with Crippen LogP contribution in [0.2, 0.25) is 0 Å². The van der Waals surface area contributed by atoms with Gasteiger partial charge in [0.2, 0.25) is 5.52 Å². The Hall–Kier alpha value is -1.94. The van der Waals surface area contributed by atoms with E-state index in [9.17, 15) is 4.55 Å². The molecule has 3 aromatic rings. The summed E-state index contributed by atoms with van der Waals surface area (Å²) in [5.41, 5.74) is 8.06. The Morgan fingerprint density at radius 1 is 1.10 bits per heavy atom. The number of thioether (sulfide) groups is 1. The van der Waals surface area contributed by atoms with Gasteiger partial charge in [0.25, 0.3) is 5.01 Å². The molecule has 0 saturated carbocycles. The third kappa shape index (κ3) is 5.72. The smallest absolute Gasteiger partial charge is 0.263 e. The van der Waals surface area contributed by atoms with Crippen molar-refractivity contribution < 1.29 is 13.3 Å². The number of thiazole rings is 1. The van der Waals surface area contributed by atoms with Crippen LogP contribution >= 0.6 is 47.2 Å². The number of anilines is 1. The average Bonchev–Trinajstić information content (AvgIpc) is 3.49. The highest BCUT2D eigenvalue weighted by Crippen LogP contribution is 2.48. The van der Waals surface area contributed by atoms with Gasteiger partial charge in [-0.1, -0.05) is 41.3 Å². The van der Waals surface area contributed by atoms with Gasteiger partial charge in [0.15, 0.2) is 0 Å². The quantitative estimate of drug-likeness (QED) is 0.203. The van der Waals surface area contributed by atoms with Gasteiger partial charge in [-0.2, -0.15) is 4.57 Å². The molecule has 8 heteroatoms. The van der Waals surface area contributed by atoms with Crippen LogP contribution in [0.1, 0.15) is 50.1 Å². The lowest BCUT2D eigenvalue weighted by atomic mass is 9.77. The van der Waals surface area contributed by atoms with Gasteiger partial charge in [0.1, 0.15) is 11.2 Å². The van der Waals surface area contributed by atoms with Crippen LogP contribution in [-0.4, -0.2) is 18.2 Å². The largest absolute Gasteiger partial charge is 0.335 e. The number of fused-ring (bicyclic) bond motifs is 3. The predicted molar refractivity (Wildman–Crippen MR) is 174 cm³/mol. The van der Waals surface area contributed by atoms with E-state index in [4.69, 9.17) is 4.18 Å². The third-order valence-corrected chi connectivity index (χ3v) is 11.2. The van der Waals surface area contributed by atoms with Crippen molar-refractivity contribution in [1.82, 2.24) is 0 Å². The number of allylic oxidation sites excluding steroid dienone is 6. The van der Waals surface area contributed by atoms with Crippen molar-refractivity contribution in [3.63, 3.8) is 0 Å². The van der Waals surface area contributed by atoms with Gasteiger partial charge in [-0.3, -0.25) is 0 Å². The van der Waals surface area contributed by atoms with Crippen molar-refractivity contribution in [3.8, 4) is 0 Å². The van der Waals surface area contributed by atoms with E-state index >= 15 is 0 Å². The molecule has 0 amide bonds. The molecule has 2 aliphatic carbocycles. The van der Waals surface area contributed by atoms with E-state index in [1.165, 1.54) is 72.4 Å². The molecule has 6 rings (SSSR count). The van der Waals surface area contributed by atoms with Crippen molar-refractivity contribution in [3.05, 3.63) is 86.9 Å². The SMILES string of the molecule is CCN1C(=CC2=CC3=CC(=Cc4sc5ccc(SOC)cc5[n+]4CC)CCC3CC2)Sc2ccc(CSO)cc21. The number of rotatable bonds is 8. The maximum absolute atomic E-state index is 9.31. The summed E-state index contributed by atoms with van der Waals surface area (Å²) in [4.78, 5) is 4.86. The zero-order chi connectivity index (χ0) is 27.6. The van der Waals surface area contributed by atoms with Crippen LogP contribution in [-0.2, 0) is 16.5 Å². The summed E-state index contributed by atoms with van der Waals surface area (Å²) in [6, 6.07) is 13.2. The second kappa shape index (κ2) is 12.5. The molecule has 2 heterocycles. The van der Waals surface area contributed by atoms with Crippen molar-refractivity contribution in [2.24, 2.45) is 5.92 Å². The number of hydrogen-bond acceptors (Lipinski definition) is 7. The Balaban J connectivity index is 1.28. The van der Waals surface area contributed by atoms with Crippen molar-refractivity contribution in [2.45, 2.75) is 61.6 Å². The van der Waals surface area contributed by atoms with E-state index in [2.05, 4.69) is 84.0 Å². The Labute approximate surface area is 254 Å². The van der Waals surface area contributed by atoms with Crippen LogP contribution in [0, 0.1) is 5.92 Å².